The quantitative estimate of drug-likeness (QED) is 0.848. The Hall–Kier alpha value is -2.14. The van der Waals surface area contributed by atoms with Gasteiger partial charge < -0.3 is 15.1 Å². The second-order valence-electron chi connectivity index (χ2n) is 6.46. The predicted octanol–water partition coefficient (Wildman–Crippen LogP) is 3.01. The minimum absolute atomic E-state index is 0.875. The second-order valence-corrected chi connectivity index (χ2v) is 6.46. The van der Waals surface area contributed by atoms with Crippen LogP contribution in [0.2, 0.25) is 0 Å². The van der Waals surface area contributed by atoms with Gasteiger partial charge in [-0.2, -0.15) is 0 Å². The van der Waals surface area contributed by atoms with Crippen LogP contribution in [-0.4, -0.2) is 48.1 Å². The molecule has 2 heterocycles. The largest absolute Gasteiger partial charge is 0.369 e. The Morgan fingerprint density at radius 1 is 1.08 bits per heavy atom. The summed E-state index contributed by atoms with van der Waals surface area (Å²) in [5.41, 5.74) is 1.34. The topological polar surface area (TPSA) is 44.3 Å². The van der Waals surface area contributed by atoms with Crippen LogP contribution in [0, 0.1) is 0 Å². The Balaban J connectivity index is 1.46. The smallest absolute Gasteiger partial charge is 0.134 e. The molecule has 3 rings (SSSR count). The molecule has 0 bridgehead atoms. The molecule has 5 nitrogen and oxygen atoms in total. The lowest BCUT2D eigenvalue weighted by Crippen LogP contribution is -2.30. The fraction of sp³-hybridized carbons (Fsp3) is 0.474. The first-order valence-electron chi connectivity index (χ1n) is 8.84. The first-order valence-corrected chi connectivity index (χ1v) is 8.84. The van der Waals surface area contributed by atoms with Crippen molar-refractivity contribution in [3.8, 4) is 0 Å². The molecule has 1 fully saturated rings. The molecule has 0 unspecified atom stereocenters. The molecule has 1 aromatic heterocycles. The van der Waals surface area contributed by atoms with Crippen molar-refractivity contribution in [2.45, 2.75) is 25.8 Å². The van der Waals surface area contributed by atoms with E-state index in [4.69, 9.17) is 0 Å². The number of anilines is 2. The van der Waals surface area contributed by atoms with E-state index in [1.165, 1.54) is 24.8 Å². The fourth-order valence-corrected chi connectivity index (χ4v) is 3.09. The lowest BCUT2D eigenvalue weighted by Gasteiger charge is -2.27. The van der Waals surface area contributed by atoms with E-state index in [1.54, 1.807) is 6.33 Å². The molecule has 0 atom stereocenters. The maximum Gasteiger partial charge on any atom is 0.134 e. The number of likely N-dealkylation sites (N-methyl/N-ethyl adjacent to an activating group) is 1. The van der Waals surface area contributed by atoms with Gasteiger partial charge in [0.15, 0.2) is 0 Å². The van der Waals surface area contributed by atoms with Gasteiger partial charge in [0.25, 0.3) is 0 Å². The molecule has 24 heavy (non-hydrogen) atoms. The zero-order valence-corrected chi connectivity index (χ0v) is 14.5. The first kappa shape index (κ1) is 16.7. The molecule has 1 aliphatic heterocycles. The van der Waals surface area contributed by atoms with E-state index in [9.17, 15) is 0 Å². The highest BCUT2D eigenvalue weighted by molar-refractivity contribution is 5.48. The van der Waals surface area contributed by atoms with E-state index in [-0.39, 0.29) is 0 Å². The SMILES string of the molecule is CN(CCNc1cc(N2CCCCC2)ncn1)Cc1ccccc1. The van der Waals surface area contributed by atoms with Gasteiger partial charge in [0.1, 0.15) is 18.0 Å². The van der Waals surface area contributed by atoms with Crippen LogP contribution >= 0.6 is 0 Å². The van der Waals surface area contributed by atoms with E-state index in [1.807, 2.05) is 0 Å². The van der Waals surface area contributed by atoms with E-state index < -0.39 is 0 Å². The van der Waals surface area contributed by atoms with Crippen LogP contribution in [0.3, 0.4) is 0 Å². The summed E-state index contributed by atoms with van der Waals surface area (Å²) >= 11 is 0. The third-order valence-corrected chi connectivity index (χ3v) is 4.43. The van der Waals surface area contributed by atoms with Crippen molar-refractivity contribution in [1.29, 1.82) is 0 Å². The maximum atomic E-state index is 4.43. The van der Waals surface area contributed by atoms with Gasteiger partial charge in [-0.1, -0.05) is 30.3 Å². The number of hydrogen-bond donors (Lipinski definition) is 1. The average molecular weight is 325 g/mol. The van der Waals surface area contributed by atoms with Gasteiger partial charge in [-0.25, -0.2) is 9.97 Å². The molecular weight excluding hydrogens is 298 g/mol. The lowest BCUT2D eigenvalue weighted by atomic mass is 10.1. The Bertz CT molecular complexity index is 610. The van der Waals surface area contributed by atoms with Gasteiger partial charge in [0.2, 0.25) is 0 Å². The minimum Gasteiger partial charge on any atom is -0.369 e. The molecule has 0 aliphatic carbocycles. The monoisotopic (exact) mass is 325 g/mol. The average Bonchev–Trinajstić information content (AvgIpc) is 2.63. The van der Waals surface area contributed by atoms with Gasteiger partial charge in [-0.3, -0.25) is 0 Å². The van der Waals surface area contributed by atoms with Gasteiger partial charge >= 0.3 is 0 Å². The van der Waals surface area contributed by atoms with Crippen LogP contribution in [0.4, 0.5) is 11.6 Å². The first-order chi connectivity index (χ1) is 11.8. The third-order valence-electron chi connectivity index (χ3n) is 4.43. The van der Waals surface area contributed by atoms with Gasteiger partial charge in [0, 0.05) is 38.8 Å². The number of piperidine rings is 1. The van der Waals surface area contributed by atoms with E-state index >= 15 is 0 Å². The summed E-state index contributed by atoms with van der Waals surface area (Å²) in [7, 11) is 2.15. The summed E-state index contributed by atoms with van der Waals surface area (Å²) in [4.78, 5) is 13.4. The Morgan fingerprint density at radius 2 is 1.88 bits per heavy atom. The van der Waals surface area contributed by atoms with E-state index in [2.05, 4.69) is 68.5 Å². The van der Waals surface area contributed by atoms with Crippen LogP contribution < -0.4 is 10.2 Å². The van der Waals surface area contributed by atoms with Gasteiger partial charge in [-0.15, -0.1) is 0 Å². The van der Waals surface area contributed by atoms with Crippen molar-refractivity contribution in [1.82, 2.24) is 14.9 Å². The number of nitrogens with one attached hydrogen (secondary N) is 1. The zero-order chi connectivity index (χ0) is 16.6. The van der Waals surface area contributed by atoms with Crippen molar-refractivity contribution in [2.24, 2.45) is 0 Å². The zero-order valence-electron chi connectivity index (χ0n) is 14.5. The molecule has 5 heteroatoms. The molecule has 1 aliphatic rings. The van der Waals surface area contributed by atoms with Crippen molar-refractivity contribution in [3.63, 3.8) is 0 Å². The molecule has 0 spiro atoms. The minimum atomic E-state index is 0.875. The van der Waals surface area contributed by atoms with Gasteiger partial charge in [0.05, 0.1) is 0 Å². The van der Waals surface area contributed by atoms with Crippen LogP contribution in [0.5, 0.6) is 0 Å². The third kappa shape index (κ3) is 4.93. The highest BCUT2D eigenvalue weighted by Gasteiger charge is 2.12. The normalized spacial score (nSPS) is 14.8. The fourth-order valence-electron chi connectivity index (χ4n) is 3.09. The Morgan fingerprint density at radius 3 is 2.67 bits per heavy atom. The molecule has 1 aromatic carbocycles. The Labute approximate surface area is 144 Å². The number of rotatable bonds is 7. The maximum absolute atomic E-state index is 4.43. The van der Waals surface area contributed by atoms with E-state index in [0.29, 0.717) is 0 Å². The van der Waals surface area contributed by atoms with Crippen molar-refractivity contribution >= 4 is 11.6 Å². The van der Waals surface area contributed by atoms with Crippen molar-refractivity contribution in [2.75, 3.05) is 43.4 Å². The highest BCUT2D eigenvalue weighted by atomic mass is 15.2. The highest BCUT2D eigenvalue weighted by Crippen LogP contribution is 2.18. The second kappa shape index (κ2) is 8.64. The summed E-state index contributed by atoms with van der Waals surface area (Å²) in [5, 5.41) is 3.42. The van der Waals surface area contributed by atoms with E-state index in [0.717, 1.165) is 44.4 Å². The number of hydrogen-bond acceptors (Lipinski definition) is 5. The van der Waals surface area contributed by atoms with Crippen LogP contribution in [0.25, 0.3) is 0 Å². The van der Waals surface area contributed by atoms with Crippen molar-refractivity contribution < 1.29 is 0 Å². The standard InChI is InChI=1S/C19H27N5/c1-23(15-17-8-4-2-5-9-17)13-10-20-18-14-19(22-16-21-18)24-11-6-3-7-12-24/h2,4-5,8-9,14,16H,3,6-7,10-13,15H2,1H3,(H,20,21,22). The summed E-state index contributed by atoms with van der Waals surface area (Å²) in [6.45, 7) is 5.02. The number of nitrogens with zero attached hydrogens (tertiary/aromatic N) is 4. The molecule has 2 aromatic rings. The molecule has 0 amide bonds. The van der Waals surface area contributed by atoms with Crippen LogP contribution in [-0.2, 0) is 6.54 Å². The lowest BCUT2D eigenvalue weighted by molar-refractivity contribution is 0.340. The number of aromatic nitrogens is 2. The van der Waals surface area contributed by atoms with Gasteiger partial charge in [-0.05, 0) is 31.9 Å². The molecule has 1 N–H and O–H groups in total. The molecule has 1 saturated heterocycles. The number of benzene rings is 1. The summed E-state index contributed by atoms with van der Waals surface area (Å²) in [5.74, 6) is 1.96. The van der Waals surface area contributed by atoms with Crippen LogP contribution in [0.1, 0.15) is 24.8 Å². The van der Waals surface area contributed by atoms with Crippen LogP contribution in [0.15, 0.2) is 42.7 Å². The Kier molecular flexibility index (Phi) is 6.01. The predicted molar refractivity (Wildman–Crippen MR) is 99.4 cm³/mol. The summed E-state index contributed by atoms with van der Waals surface area (Å²) in [6.07, 6.45) is 5.52. The molecule has 0 radical (unpaired) electrons. The molecule has 128 valence electrons. The summed E-state index contributed by atoms with van der Waals surface area (Å²) in [6, 6.07) is 12.6. The summed E-state index contributed by atoms with van der Waals surface area (Å²) < 4.78 is 0. The molecule has 0 saturated carbocycles. The van der Waals surface area contributed by atoms with Crippen molar-refractivity contribution in [3.05, 3.63) is 48.3 Å². The molecular formula is C19H27N5.